The van der Waals surface area contributed by atoms with E-state index in [0.717, 1.165) is 12.1 Å². The van der Waals surface area contributed by atoms with E-state index in [4.69, 9.17) is 4.74 Å². The van der Waals surface area contributed by atoms with Crippen LogP contribution in [-0.4, -0.2) is 6.61 Å². The molecule has 0 amide bonds. The summed E-state index contributed by atoms with van der Waals surface area (Å²) in [5, 5.41) is 0. The molecule has 0 saturated heterocycles. The van der Waals surface area contributed by atoms with Crippen LogP contribution in [0, 0.1) is 11.6 Å². The van der Waals surface area contributed by atoms with Gasteiger partial charge in [-0.1, -0.05) is 18.7 Å². The molecule has 0 aliphatic heterocycles. The SMILES string of the molecule is C=CCOc1c(F)cccc1F. The Balaban J connectivity index is 2.88. The normalized spacial score (nSPS) is 9.50. The Morgan fingerprint density at radius 2 is 1.92 bits per heavy atom. The number of rotatable bonds is 3. The molecule has 1 aromatic rings. The lowest BCUT2D eigenvalue weighted by molar-refractivity contribution is 0.321. The molecule has 0 aliphatic carbocycles. The molecule has 1 rings (SSSR count). The maximum absolute atomic E-state index is 12.8. The van der Waals surface area contributed by atoms with Crippen molar-refractivity contribution in [2.45, 2.75) is 0 Å². The highest BCUT2D eigenvalue weighted by molar-refractivity contribution is 5.26. The smallest absolute Gasteiger partial charge is 0.191 e. The lowest BCUT2D eigenvalue weighted by atomic mass is 10.3. The van der Waals surface area contributed by atoms with Crippen molar-refractivity contribution in [3.8, 4) is 5.75 Å². The Morgan fingerprint density at radius 1 is 1.33 bits per heavy atom. The summed E-state index contributed by atoms with van der Waals surface area (Å²) in [5.41, 5.74) is 0. The minimum Gasteiger partial charge on any atom is -0.483 e. The number of ether oxygens (including phenoxy) is 1. The number of benzene rings is 1. The average Bonchev–Trinajstić information content (AvgIpc) is 2.04. The minimum absolute atomic E-state index is 0.0951. The molecule has 0 fully saturated rings. The van der Waals surface area contributed by atoms with Gasteiger partial charge in [0, 0.05) is 0 Å². The van der Waals surface area contributed by atoms with Crippen LogP contribution in [0.2, 0.25) is 0 Å². The third-order valence-electron chi connectivity index (χ3n) is 1.26. The van der Waals surface area contributed by atoms with E-state index in [9.17, 15) is 8.78 Å². The van der Waals surface area contributed by atoms with E-state index in [1.54, 1.807) is 0 Å². The summed E-state index contributed by atoms with van der Waals surface area (Å²) in [7, 11) is 0. The van der Waals surface area contributed by atoms with Crippen molar-refractivity contribution in [3.05, 3.63) is 42.5 Å². The first-order valence-electron chi connectivity index (χ1n) is 3.43. The summed E-state index contributed by atoms with van der Waals surface area (Å²) in [5.74, 6) is -1.74. The van der Waals surface area contributed by atoms with Gasteiger partial charge in [-0.25, -0.2) is 8.78 Å². The highest BCUT2D eigenvalue weighted by atomic mass is 19.1. The molecule has 0 aliphatic rings. The van der Waals surface area contributed by atoms with Gasteiger partial charge in [0.05, 0.1) is 0 Å². The topological polar surface area (TPSA) is 9.23 Å². The predicted octanol–water partition coefficient (Wildman–Crippen LogP) is 2.53. The summed E-state index contributed by atoms with van der Waals surface area (Å²) in [6, 6.07) is 3.56. The molecule has 0 N–H and O–H groups in total. The zero-order chi connectivity index (χ0) is 8.97. The fraction of sp³-hybridized carbons (Fsp3) is 0.111. The van der Waals surface area contributed by atoms with Crippen molar-refractivity contribution < 1.29 is 13.5 Å². The van der Waals surface area contributed by atoms with Gasteiger partial charge in [-0.2, -0.15) is 0 Å². The fourth-order valence-electron chi connectivity index (χ4n) is 0.763. The monoisotopic (exact) mass is 170 g/mol. The summed E-state index contributed by atoms with van der Waals surface area (Å²) in [6.07, 6.45) is 1.42. The van der Waals surface area contributed by atoms with Crippen LogP contribution in [0.25, 0.3) is 0 Å². The first-order chi connectivity index (χ1) is 5.75. The third-order valence-corrected chi connectivity index (χ3v) is 1.26. The molecule has 0 heterocycles. The van der Waals surface area contributed by atoms with E-state index in [-0.39, 0.29) is 12.4 Å². The molecule has 64 valence electrons. The summed E-state index contributed by atoms with van der Waals surface area (Å²) in [4.78, 5) is 0. The van der Waals surface area contributed by atoms with Gasteiger partial charge in [0.2, 0.25) is 0 Å². The van der Waals surface area contributed by atoms with E-state index in [2.05, 4.69) is 6.58 Å². The zero-order valence-electron chi connectivity index (χ0n) is 6.39. The highest BCUT2D eigenvalue weighted by Crippen LogP contribution is 2.20. The van der Waals surface area contributed by atoms with Crippen LogP contribution in [0.1, 0.15) is 0 Å². The second-order valence-electron chi connectivity index (χ2n) is 2.15. The van der Waals surface area contributed by atoms with Crippen molar-refractivity contribution >= 4 is 0 Å². The highest BCUT2D eigenvalue weighted by Gasteiger charge is 2.07. The van der Waals surface area contributed by atoms with E-state index < -0.39 is 11.6 Å². The first-order valence-corrected chi connectivity index (χ1v) is 3.43. The quantitative estimate of drug-likeness (QED) is 0.633. The number of hydrogen-bond acceptors (Lipinski definition) is 1. The predicted molar refractivity (Wildman–Crippen MR) is 42.1 cm³/mol. The van der Waals surface area contributed by atoms with Gasteiger partial charge in [0.25, 0.3) is 0 Å². The lowest BCUT2D eigenvalue weighted by Crippen LogP contribution is -1.98. The zero-order valence-corrected chi connectivity index (χ0v) is 6.39. The largest absolute Gasteiger partial charge is 0.483 e. The van der Waals surface area contributed by atoms with Crippen LogP contribution in [0.5, 0.6) is 5.75 Å². The van der Waals surface area contributed by atoms with Gasteiger partial charge in [-0.3, -0.25) is 0 Å². The maximum Gasteiger partial charge on any atom is 0.191 e. The van der Waals surface area contributed by atoms with Crippen molar-refractivity contribution in [1.29, 1.82) is 0 Å². The molecule has 0 radical (unpaired) electrons. The van der Waals surface area contributed by atoms with Gasteiger partial charge in [-0.05, 0) is 12.1 Å². The van der Waals surface area contributed by atoms with E-state index in [1.807, 2.05) is 0 Å². The van der Waals surface area contributed by atoms with Crippen LogP contribution >= 0.6 is 0 Å². The number of hydrogen-bond donors (Lipinski definition) is 0. The molecule has 3 heteroatoms. The van der Waals surface area contributed by atoms with Crippen molar-refractivity contribution in [1.82, 2.24) is 0 Å². The Hall–Kier alpha value is -1.38. The molecule has 12 heavy (non-hydrogen) atoms. The van der Waals surface area contributed by atoms with Crippen LogP contribution in [0.15, 0.2) is 30.9 Å². The van der Waals surface area contributed by atoms with Crippen molar-refractivity contribution in [2.24, 2.45) is 0 Å². The van der Waals surface area contributed by atoms with E-state index in [0.29, 0.717) is 0 Å². The number of para-hydroxylation sites is 1. The minimum atomic E-state index is -0.697. The molecular weight excluding hydrogens is 162 g/mol. The maximum atomic E-state index is 12.8. The van der Waals surface area contributed by atoms with Gasteiger partial charge in [0.15, 0.2) is 17.4 Å². The molecule has 1 nitrogen and oxygen atoms in total. The van der Waals surface area contributed by atoms with Crippen molar-refractivity contribution in [2.75, 3.05) is 6.61 Å². The Morgan fingerprint density at radius 3 is 2.42 bits per heavy atom. The second kappa shape index (κ2) is 3.85. The third kappa shape index (κ3) is 1.81. The van der Waals surface area contributed by atoms with Gasteiger partial charge >= 0.3 is 0 Å². The molecule has 1 aromatic carbocycles. The summed E-state index contributed by atoms with van der Waals surface area (Å²) >= 11 is 0. The lowest BCUT2D eigenvalue weighted by Gasteiger charge is -2.04. The number of halogens is 2. The Labute approximate surface area is 69.3 Å². The second-order valence-corrected chi connectivity index (χ2v) is 2.15. The van der Waals surface area contributed by atoms with E-state index >= 15 is 0 Å². The van der Waals surface area contributed by atoms with E-state index in [1.165, 1.54) is 12.1 Å². The average molecular weight is 170 g/mol. The van der Waals surface area contributed by atoms with Crippen LogP contribution in [0.4, 0.5) is 8.78 Å². The first kappa shape index (κ1) is 8.71. The van der Waals surface area contributed by atoms with Gasteiger partial charge in [0.1, 0.15) is 6.61 Å². The molecular formula is C9H8F2O. The Bertz CT molecular complexity index is 264. The Kier molecular flexibility index (Phi) is 2.80. The molecule has 0 atom stereocenters. The molecule has 0 aromatic heterocycles. The van der Waals surface area contributed by atoms with Crippen LogP contribution in [0.3, 0.4) is 0 Å². The standard InChI is InChI=1S/C9H8F2O/c1-2-6-12-9-7(10)4-3-5-8(9)11/h2-5H,1,6H2. The molecule has 0 spiro atoms. The fourth-order valence-corrected chi connectivity index (χ4v) is 0.763. The van der Waals surface area contributed by atoms with Gasteiger partial charge < -0.3 is 4.74 Å². The van der Waals surface area contributed by atoms with Gasteiger partial charge in [-0.15, -0.1) is 0 Å². The molecule has 0 unspecified atom stereocenters. The van der Waals surface area contributed by atoms with Crippen molar-refractivity contribution in [3.63, 3.8) is 0 Å². The molecule has 0 saturated carbocycles. The van der Waals surface area contributed by atoms with Crippen LogP contribution < -0.4 is 4.74 Å². The summed E-state index contributed by atoms with van der Waals surface area (Å²) < 4.78 is 30.3. The molecule has 0 bridgehead atoms. The summed E-state index contributed by atoms with van der Waals surface area (Å²) in [6.45, 7) is 3.46. The van der Waals surface area contributed by atoms with Crippen LogP contribution in [-0.2, 0) is 0 Å².